The average Bonchev–Trinajstić information content (AvgIpc) is 2.68. The van der Waals surface area contributed by atoms with Gasteiger partial charge in [-0.2, -0.15) is 0 Å². The highest BCUT2D eigenvalue weighted by Crippen LogP contribution is 2.30. The maximum Gasteiger partial charge on any atom is 0.253 e. The van der Waals surface area contributed by atoms with Gasteiger partial charge in [0.05, 0.1) is 11.3 Å². The first-order valence-electron chi connectivity index (χ1n) is 10.1. The molecule has 4 nitrogen and oxygen atoms in total. The lowest BCUT2D eigenvalue weighted by Crippen LogP contribution is -2.34. The molecule has 1 aliphatic heterocycles. The van der Waals surface area contributed by atoms with Crippen molar-refractivity contribution in [3.63, 3.8) is 0 Å². The van der Waals surface area contributed by atoms with E-state index in [4.69, 9.17) is 16.6 Å². The molecule has 0 unspecified atom stereocenters. The van der Waals surface area contributed by atoms with E-state index in [1.165, 1.54) is 5.56 Å². The van der Waals surface area contributed by atoms with E-state index in [-0.39, 0.29) is 5.91 Å². The van der Waals surface area contributed by atoms with Crippen LogP contribution >= 0.6 is 11.6 Å². The van der Waals surface area contributed by atoms with Crippen LogP contribution in [0, 0.1) is 12.8 Å². The summed E-state index contributed by atoms with van der Waals surface area (Å²) >= 11 is 5.98. The van der Waals surface area contributed by atoms with E-state index in [0.717, 1.165) is 54.4 Å². The zero-order chi connectivity index (χ0) is 20.1. The van der Waals surface area contributed by atoms with Crippen molar-refractivity contribution in [3.05, 3.63) is 63.9 Å². The molecule has 0 spiro atoms. The van der Waals surface area contributed by atoms with Crippen LogP contribution in [-0.4, -0.2) is 35.4 Å². The van der Waals surface area contributed by atoms with Crippen molar-refractivity contribution in [2.24, 2.45) is 5.92 Å². The molecule has 2 heterocycles. The Morgan fingerprint density at radius 3 is 2.50 bits per heavy atom. The van der Waals surface area contributed by atoms with Crippen molar-refractivity contribution in [1.29, 1.82) is 0 Å². The molecule has 1 amide bonds. The Morgan fingerprint density at radius 2 is 1.86 bits per heavy atom. The smallest absolute Gasteiger partial charge is 0.253 e. The highest BCUT2D eigenvalue weighted by molar-refractivity contribution is 6.30. The highest BCUT2D eigenvalue weighted by Gasteiger charge is 2.26. The van der Waals surface area contributed by atoms with E-state index in [2.05, 4.69) is 36.2 Å². The van der Waals surface area contributed by atoms with Gasteiger partial charge in [0.2, 0.25) is 0 Å². The minimum Gasteiger partial charge on any atom is -0.352 e. The van der Waals surface area contributed by atoms with Crippen molar-refractivity contribution in [1.82, 2.24) is 15.2 Å². The number of likely N-dealkylation sites (tertiary alicyclic amines) is 1. The van der Waals surface area contributed by atoms with E-state index >= 15 is 0 Å². The highest BCUT2D eigenvalue weighted by atomic mass is 35.5. The van der Waals surface area contributed by atoms with Gasteiger partial charge in [-0.15, -0.1) is 0 Å². The lowest BCUT2D eigenvalue weighted by molar-refractivity contribution is 0.0946. The molecular formula is C23H30ClN3O. The van der Waals surface area contributed by atoms with Crippen LogP contribution in [0.1, 0.15) is 59.9 Å². The number of hydrogen-bond donors (Lipinski definition) is 1. The third-order valence-corrected chi connectivity index (χ3v) is 5.53. The summed E-state index contributed by atoms with van der Waals surface area (Å²) in [7, 11) is 0. The van der Waals surface area contributed by atoms with Gasteiger partial charge in [0.25, 0.3) is 5.91 Å². The second-order valence-corrected chi connectivity index (χ2v) is 8.60. The number of amides is 1. The molecule has 0 atom stereocenters. The van der Waals surface area contributed by atoms with Gasteiger partial charge in [-0.05, 0) is 68.6 Å². The monoisotopic (exact) mass is 399 g/mol. The molecule has 1 fully saturated rings. The SMILES string of the molecule is Cc1ccc(C(=O)NCC(C)C)c(C2CCN(Cc3ccc(Cl)cc3)CC2)n1. The Balaban J connectivity index is 1.65. The Bertz CT molecular complexity index is 796. The van der Waals surface area contributed by atoms with Gasteiger partial charge in [0, 0.05) is 29.7 Å². The minimum atomic E-state index is -0.000191. The summed E-state index contributed by atoms with van der Waals surface area (Å²) in [6.45, 7) is 9.84. The maximum atomic E-state index is 12.7. The zero-order valence-electron chi connectivity index (χ0n) is 17.0. The van der Waals surface area contributed by atoms with Crippen LogP contribution in [0.2, 0.25) is 5.02 Å². The predicted octanol–water partition coefficient (Wildman–Crippen LogP) is 4.81. The summed E-state index contributed by atoms with van der Waals surface area (Å²) in [5.74, 6) is 0.767. The van der Waals surface area contributed by atoms with Crippen molar-refractivity contribution >= 4 is 17.5 Å². The summed E-state index contributed by atoms with van der Waals surface area (Å²) in [5, 5.41) is 3.82. The third kappa shape index (κ3) is 5.55. The molecule has 1 aliphatic rings. The van der Waals surface area contributed by atoms with Crippen LogP contribution in [0.25, 0.3) is 0 Å². The molecule has 1 N–H and O–H groups in total. The molecule has 0 radical (unpaired) electrons. The first kappa shape index (κ1) is 20.8. The molecule has 0 aliphatic carbocycles. The molecule has 5 heteroatoms. The van der Waals surface area contributed by atoms with Gasteiger partial charge in [-0.3, -0.25) is 14.7 Å². The fraction of sp³-hybridized carbons (Fsp3) is 0.478. The Hall–Kier alpha value is -1.91. The molecule has 2 aromatic rings. The number of benzene rings is 1. The van der Waals surface area contributed by atoms with Gasteiger partial charge >= 0.3 is 0 Å². The fourth-order valence-corrected chi connectivity index (χ4v) is 3.81. The lowest BCUT2D eigenvalue weighted by atomic mass is 9.89. The molecule has 1 saturated heterocycles. The number of carbonyl (C=O) groups is 1. The van der Waals surface area contributed by atoms with Crippen LogP contribution in [-0.2, 0) is 6.54 Å². The van der Waals surface area contributed by atoms with E-state index in [1.807, 2.05) is 31.2 Å². The number of rotatable bonds is 6. The number of carbonyl (C=O) groups excluding carboxylic acids is 1. The molecule has 28 heavy (non-hydrogen) atoms. The summed E-state index contributed by atoms with van der Waals surface area (Å²) in [6.07, 6.45) is 2.04. The molecule has 3 rings (SSSR count). The number of piperidine rings is 1. The Morgan fingerprint density at radius 1 is 1.18 bits per heavy atom. The average molecular weight is 400 g/mol. The van der Waals surface area contributed by atoms with Crippen LogP contribution in [0.3, 0.4) is 0 Å². The normalized spacial score (nSPS) is 15.8. The van der Waals surface area contributed by atoms with Gasteiger partial charge < -0.3 is 5.32 Å². The van der Waals surface area contributed by atoms with Crippen molar-refractivity contribution < 1.29 is 4.79 Å². The molecule has 0 bridgehead atoms. The first-order chi connectivity index (χ1) is 13.4. The van der Waals surface area contributed by atoms with E-state index in [9.17, 15) is 4.79 Å². The van der Waals surface area contributed by atoms with Crippen LogP contribution in [0.5, 0.6) is 0 Å². The molecule has 150 valence electrons. The van der Waals surface area contributed by atoms with E-state index < -0.39 is 0 Å². The van der Waals surface area contributed by atoms with Gasteiger partial charge in [0.1, 0.15) is 0 Å². The van der Waals surface area contributed by atoms with Gasteiger partial charge in [-0.25, -0.2) is 0 Å². The predicted molar refractivity (Wildman–Crippen MR) is 115 cm³/mol. The first-order valence-corrected chi connectivity index (χ1v) is 10.5. The second-order valence-electron chi connectivity index (χ2n) is 8.17. The molecular weight excluding hydrogens is 370 g/mol. The number of pyridine rings is 1. The lowest BCUT2D eigenvalue weighted by Gasteiger charge is -2.32. The van der Waals surface area contributed by atoms with E-state index in [0.29, 0.717) is 18.4 Å². The molecule has 0 saturated carbocycles. The second kappa shape index (κ2) is 9.53. The summed E-state index contributed by atoms with van der Waals surface area (Å²) < 4.78 is 0. The summed E-state index contributed by atoms with van der Waals surface area (Å²) in [4.78, 5) is 19.9. The number of aryl methyl sites for hydroxylation is 1. The van der Waals surface area contributed by atoms with Crippen LogP contribution in [0.4, 0.5) is 0 Å². The topological polar surface area (TPSA) is 45.2 Å². The Kier molecular flexibility index (Phi) is 7.08. The van der Waals surface area contributed by atoms with Crippen LogP contribution in [0.15, 0.2) is 36.4 Å². The molecule has 1 aromatic heterocycles. The molecule has 1 aromatic carbocycles. The minimum absolute atomic E-state index is 0.000191. The largest absolute Gasteiger partial charge is 0.352 e. The van der Waals surface area contributed by atoms with Crippen LogP contribution < -0.4 is 5.32 Å². The number of halogens is 1. The summed E-state index contributed by atoms with van der Waals surface area (Å²) in [6, 6.07) is 11.9. The quantitative estimate of drug-likeness (QED) is 0.758. The summed E-state index contributed by atoms with van der Waals surface area (Å²) in [5.41, 5.74) is 3.96. The number of aromatic nitrogens is 1. The zero-order valence-corrected chi connectivity index (χ0v) is 17.8. The van der Waals surface area contributed by atoms with Crippen molar-refractivity contribution in [2.75, 3.05) is 19.6 Å². The van der Waals surface area contributed by atoms with Crippen molar-refractivity contribution in [2.45, 2.75) is 46.1 Å². The fourth-order valence-electron chi connectivity index (χ4n) is 3.68. The maximum absolute atomic E-state index is 12.7. The van der Waals surface area contributed by atoms with Gasteiger partial charge in [-0.1, -0.05) is 37.6 Å². The van der Waals surface area contributed by atoms with Crippen molar-refractivity contribution in [3.8, 4) is 0 Å². The Labute approximate surface area is 173 Å². The number of hydrogen-bond acceptors (Lipinski definition) is 3. The van der Waals surface area contributed by atoms with Gasteiger partial charge in [0.15, 0.2) is 0 Å². The number of nitrogens with one attached hydrogen (secondary N) is 1. The standard InChI is InChI=1S/C23H30ClN3O/c1-16(2)14-25-23(28)21-9-4-17(3)26-22(21)19-10-12-27(13-11-19)15-18-5-7-20(24)8-6-18/h4-9,16,19H,10-15H2,1-3H3,(H,25,28). The van der Waals surface area contributed by atoms with E-state index in [1.54, 1.807) is 0 Å². The number of nitrogens with zero attached hydrogens (tertiary/aromatic N) is 2. The third-order valence-electron chi connectivity index (χ3n) is 5.27.